The SMILES string of the molecule is CC(Nc1ncc(C#N)c(-c2c[nH]c3ncc(C(F)(F)F)cc23)n1)C1CCN(CC#N)CC1. The van der Waals surface area contributed by atoms with Crippen molar-refractivity contribution in [3.05, 3.63) is 35.8 Å². The van der Waals surface area contributed by atoms with Crippen molar-refractivity contribution in [1.82, 2.24) is 24.8 Å². The number of piperidine rings is 1. The third-order valence-corrected chi connectivity index (χ3v) is 6.01. The van der Waals surface area contributed by atoms with Gasteiger partial charge in [0.2, 0.25) is 5.95 Å². The number of anilines is 1. The number of hydrogen-bond acceptors (Lipinski definition) is 7. The molecule has 1 aliphatic rings. The number of hydrogen-bond donors (Lipinski definition) is 2. The second-order valence-corrected chi connectivity index (χ2v) is 8.09. The van der Waals surface area contributed by atoms with Crippen molar-refractivity contribution in [1.29, 1.82) is 10.5 Å². The lowest BCUT2D eigenvalue weighted by atomic mass is 9.90. The highest BCUT2D eigenvalue weighted by atomic mass is 19.4. The molecule has 2 N–H and O–H groups in total. The Hall–Kier alpha value is -3.70. The maximum Gasteiger partial charge on any atom is 0.417 e. The summed E-state index contributed by atoms with van der Waals surface area (Å²) in [5, 5.41) is 21.9. The van der Waals surface area contributed by atoms with Gasteiger partial charge in [-0.15, -0.1) is 0 Å². The van der Waals surface area contributed by atoms with Crippen LogP contribution in [0.25, 0.3) is 22.3 Å². The molecule has 1 atom stereocenters. The summed E-state index contributed by atoms with van der Waals surface area (Å²) in [6, 6.07) is 5.22. The zero-order valence-corrected chi connectivity index (χ0v) is 17.8. The highest BCUT2D eigenvalue weighted by Crippen LogP contribution is 2.35. The van der Waals surface area contributed by atoms with E-state index in [9.17, 15) is 18.4 Å². The van der Waals surface area contributed by atoms with Gasteiger partial charge in [-0.25, -0.2) is 15.0 Å². The van der Waals surface area contributed by atoms with Gasteiger partial charge in [0.1, 0.15) is 11.7 Å². The Balaban J connectivity index is 1.61. The van der Waals surface area contributed by atoms with E-state index >= 15 is 0 Å². The Morgan fingerprint density at radius 2 is 2.00 bits per heavy atom. The second-order valence-electron chi connectivity index (χ2n) is 8.09. The monoisotopic (exact) mass is 454 g/mol. The summed E-state index contributed by atoms with van der Waals surface area (Å²) in [6.45, 7) is 4.13. The van der Waals surface area contributed by atoms with Crippen LogP contribution in [0.5, 0.6) is 0 Å². The zero-order valence-electron chi connectivity index (χ0n) is 17.8. The van der Waals surface area contributed by atoms with Gasteiger partial charge in [-0.2, -0.15) is 23.7 Å². The first kappa shape index (κ1) is 22.5. The van der Waals surface area contributed by atoms with E-state index in [4.69, 9.17) is 5.26 Å². The molecule has 170 valence electrons. The molecule has 1 saturated heterocycles. The molecule has 3 aromatic heterocycles. The normalized spacial score (nSPS) is 16.3. The van der Waals surface area contributed by atoms with Gasteiger partial charge in [-0.1, -0.05) is 0 Å². The fraction of sp³-hybridized carbons (Fsp3) is 0.409. The van der Waals surface area contributed by atoms with Crippen LogP contribution in [0.2, 0.25) is 0 Å². The minimum atomic E-state index is -4.54. The summed E-state index contributed by atoms with van der Waals surface area (Å²) in [5.41, 5.74) is 0.128. The molecule has 0 spiro atoms. The Labute approximate surface area is 188 Å². The van der Waals surface area contributed by atoms with Crippen LogP contribution >= 0.6 is 0 Å². The molecule has 8 nitrogen and oxygen atoms in total. The number of rotatable bonds is 5. The van der Waals surface area contributed by atoms with Gasteiger partial charge in [-0.05, 0) is 44.8 Å². The average Bonchev–Trinajstić information content (AvgIpc) is 3.22. The second kappa shape index (κ2) is 9.04. The summed E-state index contributed by atoms with van der Waals surface area (Å²) in [7, 11) is 0. The average molecular weight is 454 g/mol. The largest absolute Gasteiger partial charge is 0.417 e. The number of aromatic amines is 1. The Morgan fingerprint density at radius 3 is 2.67 bits per heavy atom. The van der Waals surface area contributed by atoms with Crippen LogP contribution in [0.4, 0.5) is 19.1 Å². The fourth-order valence-electron chi connectivity index (χ4n) is 4.13. The Morgan fingerprint density at radius 1 is 1.24 bits per heavy atom. The van der Waals surface area contributed by atoms with E-state index in [1.807, 2.05) is 13.0 Å². The number of nitrogens with zero attached hydrogens (tertiary/aromatic N) is 6. The van der Waals surface area contributed by atoms with Crippen LogP contribution in [-0.4, -0.2) is 50.5 Å². The molecule has 4 rings (SSSR count). The highest BCUT2D eigenvalue weighted by molar-refractivity contribution is 5.94. The van der Waals surface area contributed by atoms with E-state index < -0.39 is 11.7 Å². The van der Waals surface area contributed by atoms with Gasteiger partial charge in [0.05, 0.1) is 35.6 Å². The number of halogens is 3. The van der Waals surface area contributed by atoms with Crippen molar-refractivity contribution in [3.8, 4) is 23.4 Å². The number of alkyl halides is 3. The number of H-pyrrole nitrogens is 1. The van der Waals surface area contributed by atoms with E-state index in [1.54, 1.807) is 0 Å². The predicted molar refractivity (Wildman–Crippen MR) is 115 cm³/mol. The lowest BCUT2D eigenvalue weighted by Gasteiger charge is -2.33. The first-order valence-corrected chi connectivity index (χ1v) is 10.5. The van der Waals surface area contributed by atoms with E-state index in [2.05, 4.69) is 36.2 Å². The summed E-state index contributed by atoms with van der Waals surface area (Å²) >= 11 is 0. The molecule has 33 heavy (non-hydrogen) atoms. The smallest absolute Gasteiger partial charge is 0.351 e. The summed E-state index contributed by atoms with van der Waals surface area (Å²) in [6.07, 6.45) is 0.946. The maximum absolute atomic E-state index is 13.2. The van der Waals surface area contributed by atoms with E-state index in [1.165, 1.54) is 12.4 Å². The maximum atomic E-state index is 13.2. The minimum Gasteiger partial charge on any atom is -0.351 e. The van der Waals surface area contributed by atoms with Gasteiger partial charge in [-0.3, -0.25) is 4.90 Å². The molecule has 3 aromatic rings. The molecule has 0 aliphatic carbocycles. The number of likely N-dealkylation sites (tertiary alicyclic amines) is 1. The minimum absolute atomic E-state index is 0.0384. The molecule has 1 fully saturated rings. The number of aromatic nitrogens is 4. The Bertz CT molecular complexity index is 1230. The lowest BCUT2D eigenvalue weighted by molar-refractivity contribution is -0.137. The number of pyridine rings is 1. The third kappa shape index (κ3) is 4.73. The van der Waals surface area contributed by atoms with E-state index in [-0.39, 0.29) is 28.3 Å². The van der Waals surface area contributed by atoms with Crippen molar-refractivity contribution >= 4 is 17.0 Å². The molecule has 1 unspecified atom stereocenters. The summed E-state index contributed by atoms with van der Waals surface area (Å²) < 4.78 is 39.6. The van der Waals surface area contributed by atoms with Crippen LogP contribution < -0.4 is 5.32 Å². The van der Waals surface area contributed by atoms with Crippen LogP contribution in [0.3, 0.4) is 0 Å². The van der Waals surface area contributed by atoms with Gasteiger partial charge in [0.25, 0.3) is 0 Å². The molecule has 1 aliphatic heterocycles. The van der Waals surface area contributed by atoms with Gasteiger partial charge in [0.15, 0.2) is 0 Å². The lowest BCUT2D eigenvalue weighted by Crippen LogP contribution is -2.39. The fourth-order valence-corrected chi connectivity index (χ4v) is 4.13. The molecule has 0 saturated carbocycles. The highest BCUT2D eigenvalue weighted by Gasteiger charge is 2.32. The zero-order chi connectivity index (χ0) is 23.6. The molecule has 0 aromatic carbocycles. The summed E-state index contributed by atoms with van der Waals surface area (Å²) in [5.74, 6) is 0.652. The van der Waals surface area contributed by atoms with Crippen LogP contribution in [0.15, 0.2) is 24.7 Å². The topological polar surface area (TPSA) is 117 Å². The number of nitriles is 2. The van der Waals surface area contributed by atoms with Crippen molar-refractivity contribution in [3.63, 3.8) is 0 Å². The van der Waals surface area contributed by atoms with E-state index in [0.717, 1.165) is 38.2 Å². The molecular weight excluding hydrogens is 433 g/mol. The number of fused-ring (bicyclic) bond motifs is 1. The first-order valence-electron chi connectivity index (χ1n) is 10.5. The van der Waals surface area contributed by atoms with Gasteiger partial charge >= 0.3 is 6.18 Å². The van der Waals surface area contributed by atoms with Gasteiger partial charge in [0, 0.05) is 29.4 Å². The van der Waals surface area contributed by atoms with Crippen LogP contribution in [-0.2, 0) is 6.18 Å². The van der Waals surface area contributed by atoms with E-state index in [0.29, 0.717) is 24.0 Å². The van der Waals surface area contributed by atoms with Crippen molar-refractivity contribution < 1.29 is 13.2 Å². The molecule has 11 heteroatoms. The summed E-state index contributed by atoms with van der Waals surface area (Å²) in [4.78, 5) is 17.5. The van der Waals surface area contributed by atoms with Gasteiger partial charge < -0.3 is 10.3 Å². The molecular formula is C22H21F3N8. The van der Waals surface area contributed by atoms with Crippen LogP contribution in [0.1, 0.15) is 30.9 Å². The molecule has 0 bridgehead atoms. The Kier molecular flexibility index (Phi) is 6.16. The van der Waals surface area contributed by atoms with Crippen molar-refractivity contribution in [2.45, 2.75) is 32.0 Å². The third-order valence-electron chi connectivity index (χ3n) is 6.01. The van der Waals surface area contributed by atoms with Crippen molar-refractivity contribution in [2.75, 3.05) is 25.0 Å². The quantitative estimate of drug-likeness (QED) is 0.561. The molecule has 4 heterocycles. The molecule has 0 amide bonds. The van der Waals surface area contributed by atoms with Crippen molar-refractivity contribution in [2.24, 2.45) is 5.92 Å². The standard InChI is InChI=1S/C22H21F3N8/c1-13(14-2-5-33(6-3-14)7-4-26)31-21-30-10-15(9-27)19(32-21)18-12-29-20-17(18)8-16(11-28-20)22(23,24)25/h8,10-14H,2-3,5-7H2,1H3,(H,28,29)(H,30,31,32). The molecule has 0 radical (unpaired) electrons. The predicted octanol–water partition coefficient (Wildman–Crippen LogP) is 3.95. The van der Waals surface area contributed by atoms with Crippen LogP contribution in [0, 0.1) is 28.6 Å². The first-order chi connectivity index (χ1) is 15.8. The number of nitrogens with one attached hydrogen (secondary N) is 2.